The van der Waals surface area contributed by atoms with Gasteiger partial charge in [0.05, 0.1) is 5.60 Å². The summed E-state index contributed by atoms with van der Waals surface area (Å²) in [5.41, 5.74) is 0.902. The van der Waals surface area contributed by atoms with E-state index in [0.717, 1.165) is 5.92 Å². The summed E-state index contributed by atoms with van der Waals surface area (Å²) >= 11 is 0. The highest BCUT2D eigenvalue weighted by Crippen LogP contribution is 2.73. The van der Waals surface area contributed by atoms with Crippen molar-refractivity contribution in [1.29, 1.82) is 0 Å². The van der Waals surface area contributed by atoms with Crippen molar-refractivity contribution in [3.05, 3.63) is 12.7 Å². The highest BCUT2D eigenvalue weighted by atomic mass is 16.7. The van der Waals surface area contributed by atoms with Crippen LogP contribution in [0.15, 0.2) is 12.7 Å². The highest BCUT2D eigenvalue weighted by molar-refractivity contribution is 5.21. The largest absolute Gasteiger partial charge is 0.355 e. The van der Waals surface area contributed by atoms with Crippen molar-refractivity contribution in [1.82, 2.24) is 0 Å². The first kappa shape index (κ1) is 16.1. The molecule has 1 heterocycles. The van der Waals surface area contributed by atoms with Gasteiger partial charge < -0.3 is 9.47 Å². The Morgan fingerprint density at radius 1 is 1.09 bits per heavy atom. The van der Waals surface area contributed by atoms with Crippen LogP contribution in [-0.2, 0) is 9.47 Å². The zero-order valence-corrected chi connectivity index (χ0v) is 15.5. The molecule has 1 spiro atoms. The molecule has 6 atom stereocenters. The maximum absolute atomic E-state index is 6.86. The summed E-state index contributed by atoms with van der Waals surface area (Å²) in [6, 6.07) is 0. The molecule has 0 amide bonds. The first-order valence-electron chi connectivity index (χ1n) is 9.68. The van der Waals surface area contributed by atoms with Crippen molar-refractivity contribution in [3.8, 4) is 0 Å². The minimum absolute atomic E-state index is 0.00624. The molecular weight excluding hydrogens is 284 g/mol. The molecule has 2 heteroatoms. The minimum atomic E-state index is 0.00624. The third-order valence-corrected chi connectivity index (χ3v) is 8.58. The van der Waals surface area contributed by atoms with E-state index in [9.17, 15) is 0 Å². The number of rotatable bonds is 2. The Labute approximate surface area is 142 Å². The molecule has 4 rings (SSSR count). The third kappa shape index (κ3) is 1.83. The van der Waals surface area contributed by atoms with E-state index in [1.165, 1.54) is 51.4 Å². The van der Waals surface area contributed by atoms with Crippen LogP contribution in [0.4, 0.5) is 0 Å². The quantitative estimate of drug-likeness (QED) is 0.641. The normalized spacial score (nSPS) is 54.2. The average molecular weight is 319 g/mol. The lowest BCUT2D eigenvalue weighted by molar-refractivity contribution is -0.214. The Kier molecular flexibility index (Phi) is 3.40. The van der Waals surface area contributed by atoms with Gasteiger partial charge in [0.1, 0.15) is 0 Å². The van der Waals surface area contributed by atoms with Gasteiger partial charge in [-0.15, -0.1) is 6.58 Å². The molecule has 0 N–H and O–H groups in total. The van der Waals surface area contributed by atoms with Crippen molar-refractivity contribution in [3.63, 3.8) is 0 Å². The lowest BCUT2D eigenvalue weighted by Crippen LogP contribution is -2.60. The van der Waals surface area contributed by atoms with Crippen molar-refractivity contribution in [2.75, 3.05) is 7.11 Å². The van der Waals surface area contributed by atoms with Crippen molar-refractivity contribution >= 4 is 0 Å². The van der Waals surface area contributed by atoms with Crippen molar-refractivity contribution in [2.24, 2.45) is 28.1 Å². The van der Waals surface area contributed by atoms with Crippen LogP contribution in [0.3, 0.4) is 0 Å². The van der Waals surface area contributed by atoms with Crippen LogP contribution < -0.4 is 0 Å². The van der Waals surface area contributed by atoms with Crippen molar-refractivity contribution in [2.45, 2.75) is 84.0 Å². The van der Waals surface area contributed by atoms with Crippen LogP contribution >= 0.6 is 0 Å². The monoisotopic (exact) mass is 318 g/mol. The molecule has 0 radical (unpaired) electrons. The lowest BCUT2D eigenvalue weighted by Gasteiger charge is -2.61. The molecule has 2 bridgehead atoms. The van der Waals surface area contributed by atoms with Gasteiger partial charge in [-0.1, -0.05) is 33.3 Å². The van der Waals surface area contributed by atoms with Gasteiger partial charge in [-0.3, -0.25) is 0 Å². The highest BCUT2D eigenvalue weighted by Gasteiger charge is 2.74. The lowest BCUT2D eigenvalue weighted by atomic mass is 9.43. The second-order valence-corrected chi connectivity index (χ2v) is 9.81. The van der Waals surface area contributed by atoms with E-state index in [0.29, 0.717) is 11.3 Å². The van der Waals surface area contributed by atoms with Crippen LogP contribution in [0.2, 0.25) is 0 Å². The van der Waals surface area contributed by atoms with Gasteiger partial charge in [0.2, 0.25) is 0 Å². The van der Waals surface area contributed by atoms with Crippen LogP contribution in [-0.4, -0.2) is 19.0 Å². The molecule has 4 fully saturated rings. The maximum Gasteiger partial charge on any atom is 0.164 e. The molecule has 3 saturated carbocycles. The van der Waals surface area contributed by atoms with Gasteiger partial charge in [0.25, 0.3) is 0 Å². The number of hydrogen-bond acceptors (Lipinski definition) is 2. The summed E-state index contributed by atoms with van der Waals surface area (Å²) in [6.45, 7) is 11.4. The topological polar surface area (TPSA) is 18.5 Å². The Morgan fingerprint density at radius 2 is 1.87 bits per heavy atom. The minimum Gasteiger partial charge on any atom is -0.355 e. The number of hydrogen-bond donors (Lipinski definition) is 0. The van der Waals surface area contributed by atoms with Gasteiger partial charge in [-0.05, 0) is 67.6 Å². The number of methoxy groups -OCH3 is 1. The zero-order valence-electron chi connectivity index (χ0n) is 15.5. The van der Waals surface area contributed by atoms with E-state index in [4.69, 9.17) is 9.47 Å². The molecule has 3 aliphatic carbocycles. The number of allylic oxidation sites excluding steroid dienone is 1. The van der Waals surface area contributed by atoms with Gasteiger partial charge in [0.15, 0.2) is 6.29 Å². The predicted molar refractivity (Wildman–Crippen MR) is 93.0 cm³/mol. The molecule has 0 aromatic carbocycles. The molecule has 1 unspecified atom stereocenters. The maximum atomic E-state index is 6.86. The van der Waals surface area contributed by atoms with Crippen molar-refractivity contribution < 1.29 is 9.47 Å². The first-order chi connectivity index (χ1) is 10.8. The van der Waals surface area contributed by atoms with Crippen LogP contribution in [0, 0.1) is 28.1 Å². The van der Waals surface area contributed by atoms with Gasteiger partial charge in [-0.2, -0.15) is 0 Å². The summed E-state index contributed by atoms with van der Waals surface area (Å²) in [7, 11) is 1.87. The second-order valence-electron chi connectivity index (χ2n) is 9.81. The molecule has 4 aliphatic rings. The summed E-state index contributed by atoms with van der Waals surface area (Å²) < 4.78 is 12.9. The predicted octanol–water partition coefficient (Wildman–Crippen LogP) is 5.33. The molecule has 0 aromatic heterocycles. The van der Waals surface area contributed by atoms with E-state index < -0.39 is 0 Å². The van der Waals surface area contributed by atoms with Gasteiger partial charge >= 0.3 is 0 Å². The summed E-state index contributed by atoms with van der Waals surface area (Å²) in [5, 5.41) is 0. The van der Waals surface area contributed by atoms with E-state index in [-0.39, 0.29) is 22.7 Å². The first-order valence-corrected chi connectivity index (χ1v) is 9.68. The molecule has 0 aromatic rings. The molecule has 1 saturated heterocycles. The standard InChI is InChI=1S/C21H34O2/c1-6-19(4)12-13-20-15(14-19)9-11-21(23-17(20)22-5)16(20)8-7-10-18(21,2)3/h6,15-17H,1,7-14H2,2-5H3/t15-,16+,17?,19-,20+,21-/m1/s1. The van der Waals surface area contributed by atoms with Crippen LogP contribution in [0.1, 0.15) is 72.1 Å². The molecule has 130 valence electrons. The average Bonchev–Trinajstić information content (AvgIpc) is 2.72. The smallest absolute Gasteiger partial charge is 0.164 e. The second kappa shape index (κ2) is 4.85. The van der Waals surface area contributed by atoms with Crippen LogP contribution in [0.5, 0.6) is 0 Å². The fourth-order valence-electron chi connectivity index (χ4n) is 7.19. The molecule has 2 nitrogen and oxygen atoms in total. The Morgan fingerprint density at radius 3 is 2.57 bits per heavy atom. The van der Waals surface area contributed by atoms with Gasteiger partial charge in [-0.25, -0.2) is 0 Å². The molecule has 1 aliphatic heterocycles. The summed E-state index contributed by atoms with van der Waals surface area (Å²) in [6.07, 6.45) is 12.5. The fourth-order valence-corrected chi connectivity index (χ4v) is 7.19. The van der Waals surface area contributed by atoms with E-state index in [1.54, 1.807) is 0 Å². The Hall–Kier alpha value is -0.340. The zero-order chi connectivity index (χ0) is 16.5. The van der Waals surface area contributed by atoms with E-state index in [1.807, 2.05) is 7.11 Å². The van der Waals surface area contributed by atoms with Gasteiger partial charge in [0, 0.05) is 12.5 Å². The van der Waals surface area contributed by atoms with E-state index in [2.05, 4.69) is 33.4 Å². The summed E-state index contributed by atoms with van der Waals surface area (Å²) in [4.78, 5) is 0. The van der Waals surface area contributed by atoms with E-state index >= 15 is 0 Å². The molecule has 23 heavy (non-hydrogen) atoms. The number of ether oxygens (including phenoxy) is 2. The van der Waals surface area contributed by atoms with Crippen LogP contribution in [0.25, 0.3) is 0 Å². The Balaban J connectivity index is 1.79. The summed E-state index contributed by atoms with van der Waals surface area (Å²) in [5.74, 6) is 1.43. The molecular formula is C21H34O2. The fraction of sp³-hybridized carbons (Fsp3) is 0.905. The SMILES string of the molecule is C=C[C@]1(C)CC[C@]23C(OC)O[C@]4(CC[C@@H]2C1)[C@H]3CCCC4(C)C. The Bertz CT molecular complexity index is 512. The third-order valence-electron chi connectivity index (χ3n) is 8.58.